The maximum Gasteiger partial charge on any atom is 0.253 e. The zero-order valence-electron chi connectivity index (χ0n) is 22.8. The predicted octanol–water partition coefficient (Wildman–Crippen LogP) is 4.74. The Kier molecular flexibility index (Phi) is 7.69. The van der Waals surface area contributed by atoms with Crippen molar-refractivity contribution in [3.05, 3.63) is 95.7 Å². The van der Waals surface area contributed by atoms with Gasteiger partial charge in [-0.1, -0.05) is 30.3 Å². The fourth-order valence-corrected chi connectivity index (χ4v) is 5.39. The van der Waals surface area contributed by atoms with E-state index < -0.39 is 0 Å². The number of piperidine rings is 1. The molecule has 1 saturated heterocycles. The molecule has 2 aliphatic heterocycles. The zero-order valence-corrected chi connectivity index (χ0v) is 22.8. The van der Waals surface area contributed by atoms with Gasteiger partial charge in [0.15, 0.2) is 11.5 Å². The van der Waals surface area contributed by atoms with E-state index >= 15 is 0 Å². The van der Waals surface area contributed by atoms with Gasteiger partial charge >= 0.3 is 0 Å². The molecule has 4 bridgehead atoms. The molecule has 210 valence electrons. The normalized spacial score (nSPS) is 19.1. The molecule has 6 rings (SSSR count). The van der Waals surface area contributed by atoms with Gasteiger partial charge in [-0.3, -0.25) is 14.7 Å². The van der Waals surface area contributed by atoms with E-state index in [9.17, 15) is 9.59 Å². The smallest absolute Gasteiger partial charge is 0.253 e. The minimum absolute atomic E-state index is 0.0782. The molecule has 9 nitrogen and oxygen atoms in total. The van der Waals surface area contributed by atoms with Gasteiger partial charge in [-0.05, 0) is 66.4 Å². The van der Waals surface area contributed by atoms with Crippen LogP contribution in [0.3, 0.4) is 0 Å². The van der Waals surface area contributed by atoms with Crippen molar-refractivity contribution in [2.75, 3.05) is 20.2 Å². The number of hydrogen-bond acceptors (Lipinski definition) is 6. The number of rotatable bonds is 3. The molecule has 0 saturated carbocycles. The molecule has 1 aromatic heterocycles. The molecule has 2 aliphatic rings. The van der Waals surface area contributed by atoms with Gasteiger partial charge in [-0.15, -0.1) is 0 Å². The Morgan fingerprint density at radius 1 is 1.02 bits per heavy atom. The standard InChI is InChI=1S/C32H32N4O5/c1-39-29-10-8-21-9-11-31(37)34-27-19-36(32(38)24-6-3-5-23(18-24)26-12-14-33-35-26)15-13-28(27)40-20-22-4-2-7-25(16-22)41-30(29)17-21/h2-8,10,12,14,16-18,27-28H,9,11,13,15,19-20H2,1H3,(H,33,35)(H,34,37)/t27-,28+/m0/s1. The number of ether oxygens (including phenoxy) is 3. The van der Waals surface area contributed by atoms with Crippen LogP contribution >= 0.6 is 0 Å². The number of nitrogens with one attached hydrogen (secondary N) is 2. The number of hydrogen-bond donors (Lipinski definition) is 2. The fourth-order valence-electron chi connectivity index (χ4n) is 5.39. The molecule has 2 amide bonds. The number of aromatic nitrogens is 2. The number of carbonyl (C=O) groups is 2. The number of aryl methyl sites for hydroxylation is 1. The third-order valence-electron chi connectivity index (χ3n) is 7.56. The Morgan fingerprint density at radius 2 is 1.93 bits per heavy atom. The molecule has 0 unspecified atom stereocenters. The van der Waals surface area contributed by atoms with Crippen LogP contribution in [0.25, 0.3) is 11.3 Å². The zero-order chi connectivity index (χ0) is 28.2. The summed E-state index contributed by atoms with van der Waals surface area (Å²) in [6.45, 7) is 1.24. The van der Waals surface area contributed by atoms with Crippen LogP contribution in [-0.2, 0) is 22.6 Å². The first-order chi connectivity index (χ1) is 20.1. The summed E-state index contributed by atoms with van der Waals surface area (Å²) in [5, 5.41) is 10.1. The molecule has 3 heterocycles. The quantitative estimate of drug-likeness (QED) is 0.380. The van der Waals surface area contributed by atoms with Crippen molar-refractivity contribution in [3.63, 3.8) is 0 Å². The highest BCUT2D eigenvalue weighted by molar-refractivity contribution is 5.95. The van der Waals surface area contributed by atoms with E-state index in [1.807, 2.05) is 72.8 Å². The second-order valence-corrected chi connectivity index (χ2v) is 10.3. The van der Waals surface area contributed by atoms with Crippen molar-refractivity contribution < 1.29 is 23.8 Å². The molecule has 4 aromatic rings. The van der Waals surface area contributed by atoms with Gasteiger partial charge in [-0.2, -0.15) is 5.10 Å². The lowest BCUT2D eigenvalue weighted by molar-refractivity contribution is -0.124. The number of aromatic amines is 1. The summed E-state index contributed by atoms with van der Waals surface area (Å²) in [6.07, 6.45) is 2.88. The molecule has 1 fully saturated rings. The maximum atomic E-state index is 13.6. The van der Waals surface area contributed by atoms with Crippen molar-refractivity contribution in [2.24, 2.45) is 0 Å². The minimum atomic E-state index is -0.341. The lowest BCUT2D eigenvalue weighted by Gasteiger charge is -2.39. The Morgan fingerprint density at radius 3 is 2.78 bits per heavy atom. The third-order valence-corrected chi connectivity index (χ3v) is 7.56. The number of fused-ring (bicyclic) bond motifs is 5. The number of methoxy groups -OCH3 is 1. The molecule has 0 spiro atoms. The SMILES string of the molecule is COc1ccc2cc1Oc1cccc(c1)CO[C@@H]1CCN(C(=O)c3cccc(-c4ccn[nH]4)c3)C[C@@H]1NC(=O)CC2. The van der Waals surface area contributed by atoms with Crippen LogP contribution in [0.1, 0.15) is 34.3 Å². The number of H-pyrrole nitrogens is 1. The second kappa shape index (κ2) is 11.9. The lowest BCUT2D eigenvalue weighted by Crippen LogP contribution is -2.57. The summed E-state index contributed by atoms with van der Waals surface area (Å²) in [5.41, 5.74) is 4.24. The monoisotopic (exact) mass is 552 g/mol. The van der Waals surface area contributed by atoms with E-state index in [0.717, 1.165) is 22.4 Å². The molecule has 0 aliphatic carbocycles. The summed E-state index contributed by atoms with van der Waals surface area (Å²) in [5.74, 6) is 1.73. The predicted molar refractivity (Wildman–Crippen MR) is 153 cm³/mol. The van der Waals surface area contributed by atoms with Crippen LogP contribution in [0.15, 0.2) is 79.0 Å². The Hall–Kier alpha value is -4.63. The van der Waals surface area contributed by atoms with Crippen LogP contribution in [-0.4, -0.2) is 59.3 Å². The highest BCUT2D eigenvalue weighted by Gasteiger charge is 2.34. The first-order valence-electron chi connectivity index (χ1n) is 13.8. The van der Waals surface area contributed by atoms with E-state index in [1.54, 1.807) is 18.2 Å². The Bertz CT molecular complexity index is 1540. The van der Waals surface area contributed by atoms with E-state index in [4.69, 9.17) is 14.2 Å². The van der Waals surface area contributed by atoms with Crippen LogP contribution in [0.4, 0.5) is 0 Å². The second-order valence-electron chi connectivity index (χ2n) is 10.3. The molecule has 2 N–H and O–H groups in total. The third kappa shape index (κ3) is 6.10. The van der Waals surface area contributed by atoms with Crippen LogP contribution < -0.4 is 14.8 Å². The number of amides is 2. The molecule has 0 radical (unpaired) electrons. The molecule has 3 aromatic carbocycles. The van der Waals surface area contributed by atoms with E-state index in [-0.39, 0.29) is 24.0 Å². The van der Waals surface area contributed by atoms with Gasteiger partial charge in [0.1, 0.15) is 5.75 Å². The number of likely N-dealkylation sites (tertiary alicyclic amines) is 1. The van der Waals surface area contributed by atoms with Crippen LogP contribution in [0, 0.1) is 0 Å². The van der Waals surface area contributed by atoms with Crippen LogP contribution in [0.2, 0.25) is 0 Å². The first-order valence-corrected chi connectivity index (χ1v) is 13.8. The van der Waals surface area contributed by atoms with Crippen molar-refractivity contribution in [1.29, 1.82) is 0 Å². The number of carbonyl (C=O) groups excluding carboxylic acids is 2. The van der Waals surface area contributed by atoms with Crippen molar-refractivity contribution in [3.8, 4) is 28.5 Å². The summed E-state index contributed by atoms with van der Waals surface area (Å²) < 4.78 is 18.0. The highest BCUT2D eigenvalue weighted by atomic mass is 16.5. The van der Waals surface area contributed by atoms with Crippen molar-refractivity contribution in [2.45, 2.75) is 38.0 Å². The first kappa shape index (κ1) is 26.6. The van der Waals surface area contributed by atoms with Gasteiger partial charge in [0.25, 0.3) is 5.91 Å². The van der Waals surface area contributed by atoms with Crippen LogP contribution in [0.5, 0.6) is 17.2 Å². The number of nitrogens with zero attached hydrogens (tertiary/aromatic N) is 2. The molecular formula is C32H32N4O5. The number of benzene rings is 3. The molecular weight excluding hydrogens is 520 g/mol. The summed E-state index contributed by atoms with van der Waals surface area (Å²) in [7, 11) is 1.61. The molecule has 41 heavy (non-hydrogen) atoms. The lowest BCUT2D eigenvalue weighted by atomic mass is 9.99. The highest BCUT2D eigenvalue weighted by Crippen LogP contribution is 2.33. The Labute approximate surface area is 238 Å². The minimum Gasteiger partial charge on any atom is -0.493 e. The van der Waals surface area contributed by atoms with Gasteiger partial charge in [0.05, 0.1) is 31.6 Å². The van der Waals surface area contributed by atoms with E-state index in [0.29, 0.717) is 61.8 Å². The topological polar surface area (TPSA) is 106 Å². The maximum absolute atomic E-state index is 13.6. The summed E-state index contributed by atoms with van der Waals surface area (Å²) >= 11 is 0. The van der Waals surface area contributed by atoms with Gasteiger partial charge in [0, 0.05) is 36.8 Å². The van der Waals surface area contributed by atoms with E-state index in [2.05, 4.69) is 15.5 Å². The van der Waals surface area contributed by atoms with E-state index in [1.165, 1.54) is 0 Å². The van der Waals surface area contributed by atoms with Gasteiger partial charge in [-0.25, -0.2) is 0 Å². The van der Waals surface area contributed by atoms with Gasteiger partial charge in [0.2, 0.25) is 5.91 Å². The largest absolute Gasteiger partial charge is 0.493 e. The average molecular weight is 553 g/mol. The summed E-state index contributed by atoms with van der Waals surface area (Å²) in [6, 6.07) is 22.5. The molecule has 9 heteroatoms. The average Bonchev–Trinajstić information content (AvgIpc) is 3.54. The van der Waals surface area contributed by atoms with Crippen molar-refractivity contribution in [1.82, 2.24) is 20.4 Å². The fraction of sp³-hybridized carbons (Fsp3) is 0.281. The Balaban J connectivity index is 1.23. The summed E-state index contributed by atoms with van der Waals surface area (Å²) in [4.78, 5) is 28.5. The van der Waals surface area contributed by atoms with Crippen molar-refractivity contribution >= 4 is 11.8 Å². The van der Waals surface area contributed by atoms with Gasteiger partial charge < -0.3 is 24.4 Å². The molecule has 2 atom stereocenters.